The minimum absolute atomic E-state index is 0.343. The van der Waals surface area contributed by atoms with Crippen molar-refractivity contribution < 1.29 is 4.79 Å². The van der Waals surface area contributed by atoms with Crippen LogP contribution in [0, 0.1) is 0 Å². The normalized spacial score (nSPS) is 22.8. The molecule has 0 bridgehead atoms. The van der Waals surface area contributed by atoms with E-state index in [0.29, 0.717) is 18.7 Å². The van der Waals surface area contributed by atoms with Crippen LogP contribution in [0.5, 0.6) is 0 Å². The molecule has 1 aliphatic carbocycles. The number of ketones is 1. The molecule has 1 saturated carbocycles. The number of Topliss-reactive ketones (excluding diaryl/α,β-unsaturated/α-hetero) is 1. The molecule has 4 heteroatoms. The highest BCUT2D eigenvalue weighted by Gasteiger charge is 2.40. The van der Waals surface area contributed by atoms with E-state index in [1.165, 1.54) is 0 Å². The lowest BCUT2D eigenvalue weighted by atomic mass is 9.66. The Morgan fingerprint density at radius 3 is 2.74 bits per heavy atom. The predicted octanol–water partition coefficient (Wildman–Crippen LogP) is 4.16. The van der Waals surface area contributed by atoms with Crippen LogP contribution in [0.3, 0.4) is 0 Å². The molecule has 0 saturated heterocycles. The van der Waals surface area contributed by atoms with Crippen molar-refractivity contribution >= 4 is 5.78 Å². The zero-order valence-corrected chi connectivity index (χ0v) is 11.1. The summed E-state index contributed by atoms with van der Waals surface area (Å²) in [6.45, 7) is 0.471. The third-order valence-corrected chi connectivity index (χ3v) is 4.04. The minimum Gasteiger partial charge on any atom is -0.299 e. The Hall–Kier alpha value is -1.80. The number of hydrogen-bond donors (Lipinski definition) is 0. The molecule has 1 aromatic carbocycles. The van der Waals surface area contributed by atoms with Gasteiger partial charge >= 0.3 is 0 Å². The minimum atomic E-state index is -0.343. The van der Waals surface area contributed by atoms with E-state index in [4.69, 9.17) is 5.53 Å². The lowest BCUT2D eigenvalue weighted by molar-refractivity contribution is -0.127. The quantitative estimate of drug-likeness (QED) is 0.338. The van der Waals surface area contributed by atoms with Crippen LogP contribution in [-0.4, -0.2) is 12.3 Å². The van der Waals surface area contributed by atoms with Crippen molar-refractivity contribution in [2.24, 2.45) is 5.11 Å². The van der Waals surface area contributed by atoms with Crippen LogP contribution in [0.1, 0.15) is 44.1 Å². The third-order valence-electron chi connectivity index (χ3n) is 4.04. The summed E-state index contributed by atoms with van der Waals surface area (Å²) in [6, 6.07) is 10.1. The fourth-order valence-corrected chi connectivity index (χ4v) is 3.06. The van der Waals surface area contributed by atoms with Crippen molar-refractivity contribution in [1.82, 2.24) is 0 Å². The van der Waals surface area contributed by atoms with Gasteiger partial charge in [0.15, 0.2) is 0 Å². The summed E-state index contributed by atoms with van der Waals surface area (Å²) >= 11 is 0. The predicted molar refractivity (Wildman–Crippen MR) is 74.8 cm³/mol. The molecule has 0 aliphatic heterocycles. The van der Waals surface area contributed by atoms with Crippen molar-refractivity contribution in [3.05, 3.63) is 46.3 Å². The molecule has 19 heavy (non-hydrogen) atoms. The van der Waals surface area contributed by atoms with Crippen LogP contribution in [0.25, 0.3) is 10.4 Å². The first-order valence-corrected chi connectivity index (χ1v) is 6.89. The molecule has 1 fully saturated rings. The van der Waals surface area contributed by atoms with Crippen LogP contribution in [0.4, 0.5) is 0 Å². The second-order valence-electron chi connectivity index (χ2n) is 5.14. The lowest BCUT2D eigenvalue weighted by Crippen LogP contribution is -2.38. The molecule has 0 unspecified atom stereocenters. The van der Waals surface area contributed by atoms with E-state index in [0.717, 1.165) is 37.7 Å². The molecule has 0 amide bonds. The number of nitrogens with zero attached hydrogens (tertiary/aromatic N) is 3. The van der Waals surface area contributed by atoms with Crippen molar-refractivity contribution in [2.75, 3.05) is 6.54 Å². The molecule has 0 heterocycles. The van der Waals surface area contributed by atoms with E-state index < -0.39 is 0 Å². The molecular weight excluding hydrogens is 238 g/mol. The molecule has 1 aromatic rings. The van der Waals surface area contributed by atoms with Gasteiger partial charge in [0.1, 0.15) is 5.78 Å². The average Bonchev–Trinajstić information content (AvgIpc) is 2.46. The van der Waals surface area contributed by atoms with Crippen molar-refractivity contribution in [3.63, 3.8) is 0 Å². The van der Waals surface area contributed by atoms with Gasteiger partial charge in [-0.15, -0.1) is 0 Å². The van der Waals surface area contributed by atoms with E-state index in [-0.39, 0.29) is 5.41 Å². The Bertz CT molecular complexity index is 479. The highest BCUT2D eigenvalue weighted by atomic mass is 16.1. The van der Waals surface area contributed by atoms with Gasteiger partial charge in [-0.1, -0.05) is 41.9 Å². The molecule has 2 rings (SSSR count). The molecule has 0 radical (unpaired) electrons. The van der Waals surface area contributed by atoms with E-state index >= 15 is 0 Å². The summed E-state index contributed by atoms with van der Waals surface area (Å²) in [7, 11) is 0. The van der Waals surface area contributed by atoms with Gasteiger partial charge in [0.05, 0.1) is 5.41 Å². The maximum atomic E-state index is 12.5. The van der Waals surface area contributed by atoms with Gasteiger partial charge in [0.2, 0.25) is 0 Å². The zero-order valence-electron chi connectivity index (χ0n) is 11.1. The van der Waals surface area contributed by atoms with Crippen LogP contribution < -0.4 is 0 Å². The number of carbonyl (C=O) groups is 1. The standard InChI is InChI=1S/C15H19N3O/c16-18-17-12-6-11-15(10-5-4-9-14(15)19)13-7-2-1-3-8-13/h1-3,7-8H,4-6,9-12H2/t15-/m0/s1. The highest BCUT2D eigenvalue weighted by Crippen LogP contribution is 2.40. The maximum Gasteiger partial charge on any atom is 0.143 e. The van der Waals surface area contributed by atoms with Gasteiger partial charge in [-0.05, 0) is 36.8 Å². The van der Waals surface area contributed by atoms with Gasteiger partial charge in [-0.2, -0.15) is 0 Å². The van der Waals surface area contributed by atoms with Crippen LogP contribution >= 0.6 is 0 Å². The summed E-state index contributed by atoms with van der Waals surface area (Å²) in [5, 5.41) is 3.58. The Balaban J connectivity index is 2.22. The highest BCUT2D eigenvalue weighted by molar-refractivity contribution is 5.90. The first kappa shape index (κ1) is 13.6. The number of azide groups is 1. The SMILES string of the molecule is [N-]=[N+]=NCCC[C@]1(c2ccccc2)CCCCC1=O. The van der Waals surface area contributed by atoms with Gasteiger partial charge < -0.3 is 0 Å². The summed E-state index contributed by atoms with van der Waals surface area (Å²) in [6.07, 6.45) is 5.26. The van der Waals surface area contributed by atoms with E-state index in [1.807, 2.05) is 18.2 Å². The van der Waals surface area contributed by atoms with E-state index in [1.54, 1.807) is 0 Å². The Kier molecular flexibility index (Phi) is 4.58. The topological polar surface area (TPSA) is 65.8 Å². The summed E-state index contributed by atoms with van der Waals surface area (Å²) in [5.74, 6) is 0.353. The molecule has 1 aliphatic rings. The second kappa shape index (κ2) is 6.39. The number of rotatable bonds is 5. The average molecular weight is 257 g/mol. The molecule has 100 valence electrons. The number of hydrogen-bond acceptors (Lipinski definition) is 2. The van der Waals surface area contributed by atoms with Crippen molar-refractivity contribution in [3.8, 4) is 0 Å². The van der Waals surface area contributed by atoms with Gasteiger partial charge in [-0.25, -0.2) is 0 Å². The first-order chi connectivity index (χ1) is 9.29. The fraction of sp³-hybridized carbons (Fsp3) is 0.533. The summed E-state index contributed by atoms with van der Waals surface area (Å²) in [4.78, 5) is 15.2. The molecule has 0 N–H and O–H groups in total. The monoisotopic (exact) mass is 257 g/mol. The van der Waals surface area contributed by atoms with Crippen LogP contribution in [0.15, 0.2) is 35.4 Å². The van der Waals surface area contributed by atoms with E-state index in [9.17, 15) is 4.79 Å². The van der Waals surface area contributed by atoms with Gasteiger partial charge in [0.25, 0.3) is 0 Å². The second-order valence-corrected chi connectivity index (χ2v) is 5.14. The Morgan fingerprint density at radius 1 is 1.26 bits per heavy atom. The van der Waals surface area contributed by atoms with E-state index in [2.05, 4.69) is 22.2 Å². The number of carbonyl (C=O) groups excluding carboxylic acids is 1. The number of benzene rings is 1. The largest absolute Gasteiger partial charge is 0.299 e. The summed E-state index contributed by atoms with van der Waals surface area (Å²) in [5.41, 5.74) is 9.11. The fourth-order valence-electron chi connectivity index (χ4n) is 3.06. The molecular formula is C15H19N3O. The van der Waals surface area contributed by atoms with Crippen molar-refractivity contribution in [1.29, 1.82) is 0 Å². The Labute approximate surface area is 113 Å². The molecule has 0 aromatic heterocycles. The smallest absolute Gasteiger partial charge is 0.143 e. The van der Waals surface area contributed by atoms with Crippen LogP contribution in [-0.2, 0) is 10.2 Å². The van der Waals surface area contributed by atoms with Gasteiger partial charge in [-0.3, -0.25) is 4.79 Å². The zero-order chi connectivity index (χ0) is 13.6. The Morgan fingerprint density at radius 2 is 2.05 bits per heavy atom. The molecule has 0 spiro atoms. The molecule has 4 nitrogen and oxygen atoms in total. The van der Waals surface area contributed by atoms with Crippen molar-refractivity contribution in [2.45, 2.75) is 43.9 Å². The lowest BCUT2D eigenvalue weighted by Gasteiger charge is -2.36. The summed E-state index contributed by atoms with van der Waals surface area (Å²) < 4.78 is 0. The molecule has 1 atom stereocenters. The third kappa shape index (κ3) is 2.96. The van der Waals surface area contributed by atoms with Gasteiger partial charge in [0, 0.05) is 17.9 Å². The van der Waals surface area contributed by atoms with Crippen LogP contribution in [0.2, 0.25) is 0 Å². The first-order valence-electron chi connectivity index (χ1n) is 6.89. The maximum absolute atomic E-state index is 12.5.